The number of hydrazine groups is 1. The Morgan fingerprint density at radius 1 is 0.929 bits per heavy atom. The Labute approximate surface area is 170 Å². The molecule has 4 aromatic rings. The molecule has 2 N–H and O–H groups in total. The highest BCUT2D eigenvalue weighted by Crippen LogP contribution is 2.27. The van der Waals surface area contributed by atoms with Gasteiger partial charge < -0.3 is 0 Å². The molecule has 0 saturated carbocycles. The zero-order valence-corrected chi connectivity index (χ0v) is 16.7. The minimum atomic E-state index is -0.263. The van der Waals surface area contributed by atoms with Gasteiger partial charge in [0.25, 0.3) is 5.91 Å². The summed E-state index contributed by atoms with van der Waals surface area (Å²) >= 11 is 3.36. The highest BCUT2D eigenvalue weighted by molar-refractivity contribution is 9.10. The zero-order valence-electron chi connectivity index (χ0n) is 15.1. The van der Waals surface area contributed by atoms with Gasteiger partial charge in [-0.2, -0.15) is 0 Å². The summed E-state index contributed by atoms with van der Waals surface area (Å²) in [5.74, 6) is 0.0713. The van der Waals surface area contributed by atoms with Crippen LogP contribution in [0.4, 0.5) is 5.95 Å². The quantitative estimate of drug-likeness (QED) is 0.438. The number of aryl methyl sites for hydroxylation is 1. The molecule has 3 aromatic carbocycles. The SMILES string of the molecule is Cc1ccc2nc(NNC(=O)c3ccc(Br)cc3)nc(-c3ccccc3)c2c1. The lowest BCUT2D eigenvalue weighted by Gasteiger charge is -2.12. The molecule has 0 unspecified atom stereocenters. The molecule has 0 aliphatic carbocycles. The number of carbonyl (C=O) groups is 1. The molecule has 28 heavy (non-hydrogen) atoms. The molecule has 1 aromatic heterocycles. The van der Waals surface area contributed by atoms with Crippen molar-refractivity contribution >= 4 is 38.7 Å². The van der Waals surface area contributed by atoms with Crippen LogP contribution in [0, 0.1) is 6.92 Å². The lowest BCUT2D eigenvalue weighted by atomic mass is 10.0. The van der Waals surface area contributed by atoms with Crippen molar-refractivity contribution in [2.45, 2.75) is 6.92 Å². The van der Waals surface area contributed by atoms with Crippen molar-refractivity contribution in [3.05, 3.63) is 88.4 Å². The molecule has 0 atom stereocenters. The van der Waals surface area contributed by atoms with Crippen LogP contribution in [0.25, 0.3) is 22.2 Å². The van der Waals surface area contributed by atoms with Crippen LogP contribution in [-0.4, -0.2) is 15.9 Å². The maximum atomic E-state index is 12.3. The van der Waals surface area contributed by atoms with Gasteiger partial charge in [0, 0.05) is 21.0 Å². The van der Waals surface area contributed by atoms with E-state index in [0.717, 1.165) is 32.2 Å². The molecular weight excluding hydrogens is 416 g/mol. The number of anilines is 1. The smallest absolute Gasteiger partial charge is 0.267 e. The predicted octanol–water partition coefficient (Wildman–Crippen LogP) is 5.12. The fourth-order valence-electron chi connectivity index (χ4n) is 2.90. The van der Waals surface area contributed by atoms with Crippen molar-refractivity contribution in [2.75, 3.05) is 5.43 Å². The van der Waals surface area contributed by atoms with Gasteiger partial charge in [0.2, 0.25) is 5.95 Å². The van der Waals surface area contributed by atoms with Gasteiger partial charge in [-0.05, 0) is 43.3 Å². The Morgan fingerprint density at radius 3 is 2.43 bits per heavy atom. The minimum absolute atomic E-state index is 0.263. The topological polar surface area (TPSA) is 66.9 Å². The van der Waals surface area contributed by atoms with E-state index >= 15 is 0 Å². The molecule has 0 fully saturated rings. The van der Waals surface area contributed by atoms with E-state index in [1.807, 2.05) is 61.5 Å². The summed E-state index contributed by atoms with van der Waals surface area (Å²) in [4.78, 5) is 21.5. The number of fused-ring (bicyclic) bond motifs is 1. The van der Waals surface area contributed by atoms with Gasteiger partial charge in [-0.3, -0.25) is 15.6 Å². The standard InChI is InChI=1S/C22H17BrN4O/c1-14-7-12-19-18(13-14)20(15-5-3-2-4-6-15)25-22(24-19)27-26-21(28)16-8-10-17(23)11-9-16/h2-13H,1H3,(H,26,28)(H,24,25,27). The van der Waals surface area contributed by atoms with Gasteiger partial charge >= 0.3 is 0 Å². The monoisotopic (exact) mass is 432 g/mol. The fraction of sp³-hybridized carbons (Fsp3) is 0.0455. The van der Waals surface area contributed by atoms with Gasteiger partial charge in [0.05, 0.1) is 11.2 Å². The number of halogens is 1. The molecule has 0 aliphatic heterocycles. The average molecular weight is 433 g/mol. The average Bonchev–Trinajstić information content (AvgIpc) is 2.72. The second-order valence-corrected chi connectivity index (χ2v) is 7.28. The molecule has 138 valence electrons. The molecular formula is C22H17BrN4O. The first-order valence-electron chi connectivity index (χ1n) is 8.76. The molecule has 0 radical (unpaired) electrons. The molecule has 5 nitrogen and oxygen atoms in total. The fourth-order valence-corrected chi connectivity index (χ4v) is 3.16. The largest absolute Gasteiger partial charge is 0.269 e. The van der Waals surface area contributed by atoms with Crippen LogP contribution >= 0.6 is 15.9 Å². The number of carbonyl (C=O) groups excluding carboxylic acids is 1. The maximum Gasteiger partial charge on any atom is 0.269 e. The van der Waals surface area contributed by atoms with Gasteiger partial charge in [0.1, 0.15) is 0 Å². The molecule has 4 rings (SSSR count). The first kappa shape index (κ1) is 18.1. The van der Waals surface area contributed by atoms with Crippen molar-refractivity contribution < 1.29 is 4.79 Å². The molecule has 0 saturated heterocycles. The number of rotatable bonds is 4. The normalized spacial score (nSPS) is 10.6. The van der Waals surface area contributed by atoms with Crippen molar-refractivity contribution in [1.82, 2.24) is 15.4 Å². The third-order valence-electron chi connectivity index (χ3n) is 4.29. The molecule has 0 aliphatic rings. The summed E-state index contributed by atoms with van der Waals surface area (Å²) in [5.41, 5.74) is 9.78. The second kappa shape index (κ2) is 7.78. The van der Waals surface area contributed by atoms with Crippen molar-refractivity contribution in [2.24, 2.45) is 0 Å². The van der Waals surface area contributed by atoms with E-state index < -0.39 is 0 Å². The highest BCUT2D eigenvalue weighted by atomic mass is 79.9. The van der Waals surface area contributed by atoms with Gasteiger partial charge in [-0.15, -0.1) is 0 Å². The maximum absolute atomic E-state index is 12.3. The number of hydrogen-bond acceptors (Lipinski definition) is 4. The number of amides is 1. The molecule has 6 heteroatoms. The number of nitrogens with zero attached hydrogens (tertiary/aromatic N) is 2. The van der Waals surface area contributed by atoms with Crippen LogP contribution in [0.15, 0.2) is 77.3 Å². The van der Waals surface area contributed by atoms with Gasteiger partial charge in [-0.1, -0.05) is 57.9 Å². The number of benzene rings is 3. The molecule has 0 bridgehead atoms. The highest BCUT2D eigenvalue weighted by Gasteiger charge is 2.11. The Morgan fingerprint density at radius 2 is 1.68 bits per heavy atom. The number of nitrogens with one attached hydrogen (secondary N) is 2. The first-order chi connectivity index (χ1) is 13.6. The van der Waals surface area contributed by atoms with Crippen LogP contribution < -0.4 is 10.9 Å². The summed E-state index contributed by atoms with van der Waals surface area (Å²) in [5, 5.41) is 0.969. The first-order valence-corrected chi connectivity index (χ1v) is 9.55. The summed E-state index contributed by atoms with van der Waals surface area (Å²) < 4.78 is 0.915. The van der Waals surface area contributed by atoms with E-state index in [9.17, 15) is 4.79 Å². The van der Waals surface area contributed by atoms with E-state index in [4.69, 9.17) is 0 Å². The molecule has 1 heterocycles. The van der Waals surface area contributed by atoms with Crippen LogP contribution in [0.5, 0.6) is 0 Å². The third kappa shape index (κ3) is 3.87. The second-order valence-electron chi connectivity index (χ2n) is 6.37. The number of hydrogen-bond donors (Lipinski definition) is 2. The Balaban J connectivity index is 1.67. The van der Waals surface area contributed by atoms with E-state index in [1.54, 1.807) is 12.1 Å². The van der Waals surface area contributed by atoms with Crippen molar-refractivity contribution in [1.29, 1.82) is 0 Å². The summed E-state index contributed by atoms with van der Waals surface area (Å²) in [7, 11) is 0. The van der Waals surface area contributed by atoms with Crippen molar-refractivity contribution in [3.63, 3.8) is 0 Å². The van der Waals surface area contributed by atoms with E-state index in [1.165, 1.54) is 0 Å². The van der Waals surface area contributed by atoms with Crippen LogP contribution in [0.2, 0.25) is 0 Å². The lowest BCUT2D eigenvalue weighted by Crippen LogP contribution is -2.30. The summed E-state index contributed by atoms with van der Waals surface area (Å²) in [6.07, 6.45) is 0. The lowest BCUT2D eigenvalue weighted by molar-refractivity contribution is 0.0962. The van der Waals surface area contributed by atoms with E-state index in [0.29, 0.717) is 11.5 Å². The van der Waals surface area contributed by atoms with E-state index in [-0.39, 0.29) is 5.91 Å². The van der Waals surface area contributed by atoms with Gasteiger partial charge in [0.15, 0.2) is 0 Å². The summed E-state index contributed by atoms with van der Waals surface area (Å²) in [6, 6.07) is 23.1. The molecule has 0 spiro atoms. The number of aromatic nitrogens is 2. The minimum Gasteiger partial charge on any atom is -0.267 e. The van der Waals surface area contributed by atoms with Gasteiger partial charge in [-0.25, -0.2) is 9.97 Å². The predicted molar refractivity (Wildman–Crippen MR) is 115 cm³/mol. The van der Waals surface area contributed by atoms with E-state index in [2.05, 4.69) is 42.8 Å². The Bertz CT molecular complexity index is 1140. The van der Waals surface area contributed by atoms with Crippen LogP contribution in [0.3, 0.4) is 0 Å². The third-order valence-corrected chi connectivity index (χ3v) is 4.82. The summed E-state index contributed by atoms with van der Waals surface area (Å²) in [6.45, 7) is 2.04. The Hall–Kier alpha value is -3.25. The van der Waals surface area contributed by atoms with Crippen molar-refractivity contribution in [3.8, 4) is 11.3 Å². The molecule has 1 amide bonds. The zero-order chi connectivity index (χ0) is 19.5. The Kier molecular flexibility index (Phi) is 5.04. The van der Waals surface area contributed by atoms with Crippen LogP contribution in [-0.2, 0) is 0 Å². The van der Waals surface area contributed by atoms with Crippen LogP contribution in [0.1, 0.15) is 15.9 Å².